The second-order valence-corrected chi connectivity index (χ2v) is 2.83. The molecule has 0 aromatic heterocycles. The molecule has 0 unspecified atom stereocenters. The number of rotatable bonds is 1. The zero-order valence-corrected chi connectivity index (χ0v) is 5.87. The Morgan fingerprint density at radius 1 is 1.71 bits per heavy atom. The van der Waals surface area contributed by atoms with Crippen molar-refractivity contribution < 1.29 is 0 Å². The molecule has 0 radical (unpaired) electrons. The summed E-state index contributed by atoms with van der Waals surface area (Å²) >= 11 is 3.41. The maximum Gasteiger partial charge on any atom is 0.00657 e. The van der Waals surface area contributed by atoms with E-state index >= 15 is 0 Å². The van der Waals surface area contributed by atoms with Crippen LogP contribution in [0.1, 0.15) is 12.8 Å². The highest BCUT2D eigenvalue weighted by Gasteiger charge is 2.18. The highest BCUT2D eigenvalue weighted by molar-refractivity contribution is 9.09. The summed E-state index contributed by atoms with van der Waals surface area (Å²) in [6.07, 6.45) is 2.51. The average Bonchev–Trinajstić information content (AvgIpc) is 1.58. The molecule has 0 N–H and O–H groups in total. The van der Waals surface area contributed by atoms with Crippen molar-refractivity contribution in [3.8, 4) is 0 Å². The van der Waals surface area contributed by atoms with Crippen molar-refractivity contribution in [2.45, 2.75) is 12.8 Å². The van der Waals surface area contributed by atoms with Gasteiger partial charge < -0.3 is 0 Å². The van der Waals surface area contributed by atoms with Gasteiger partial charge in [-0.2, -0.15) is 0 Å². The summed E-state index contributed by atoms with van der Waals surface area (Å²) in [6, 6.07) is 0. The second-order valence-electron chi connectivity index (χ2n) is 2.18. The Labute approximate surface area is 52.7 Å². The lowest BCUT2D eigenvalue weighted by Crippen LogP contribution is -2.14. The zero-order chi connectivity index (χ0) is 5.28. The Hall–Kier alpha value is 0.220. The Bertz CT molecular complexity index is 78.2. The van der Waals surface area contributed by atoms with E-state index < -0.39 is 0 Å². The molecule has 1 heteroatoms. The third kappa shape index (κ3) is 1.06. The topological polar surface area (TPSA) is 0 Å². The van der Waals surface area contributed by atoms with Crippen molar-refractivity contribution >= 4 is 15.9 Å². The molecule has 0 amide bonds. The molecule has 1 rings (SSSR count). The minimum atomic E-state index is 0.910. The molecule has 7 heavy (non-hydrogen) atoms. The van der Waals surface area contributed by atoms with Crippen molar-refractivity contribution in [1.82, 2.24) is 0 Å². The predicted molar refractivity (Wildman–Crippen MR) is 35.7 cm³/mol. The summed E-state index contributed by atoms with van der Waals surface area (Å²) < 4.78 is 0. The summed E-state index contributed by atoms with van der Waals surface area (Å²) in [5.74, 6) is 0.910. The van der Waals surface area contributed by atoms with Crippen molar-refractivity contribution in [3.63, 3.8) is 0 Å². The lowest BCUT2D eigenvalue weighted by molar-refractivity contribution is 0.474. The van der Waals surface area contributed by atoms with Crippen molar-refractivity contribution in [2.24, 2.45) is 5.92 Å². The van der Waals surface area contributed by atoms with Gasteiger partial charge in [-0.05, 0) is 18.8 Å². The molecule has 1 saturated carbocycles. The first-order valence-corrected chi connectivity index (χ1v) is 3.67. The van der Waals surface area contributed by atoms with E-state index in [4.69, 9.17) is 0 Å². The van der Waals surface area contributed by atoms with Crippen LogP contribution in [0.25, 0.3) is 0 Å². The van der Waals surface area contributed by atoms with Gasteiger partial charge in [0, 0.05) is 5.33 Å². The molecule has 0 aromatic rings. The number of alkyl halides is 1. The molecule has 40 valence electrons. The lowest BCUT2D eigenvalue weighted by Gasteiger charge is -2.25. The largest absolute Gasteiger partial charge is 0.0998 e. The van der Waals surface area contributed by atoms with Gasteiger partial charge in [0.1, 0.15) is 0 Å². The average molecular weight is 161 g/mol. The fourth-order valence-corrected chi connectivity index (χ4v) is 1.32. The van der Waals surface area contributed by atoms with E-state index in [1.54, 1.807) is 0 Å². The van der Waals surface area contributed by atoms with E-state index in [-0.39, 0.29) is 0 Å². The Kier molecular flexibility index (Phi) is 1.53. The number of hydrogen-bond acceptors (Lipinski definition) is 0. The molecule has 0 spiro atoms. The van der Waals surface area contributed by atoms with E-state index in [2.05, 4.69) is 22.5 Å². The fourth-order valence-electron chi connectivity index (χ4n) is 0.866. The van der Waals surface area contributed by atoms with Gasteiger partial charge in [-0.15, -0.1) is 0 Å². The Morgan fingerprint density at radius 2 is 2.29 bits per heavy atom. The maximum atomic E-state index is 3.84. The monoisotopic (exact) mass is 160 g/mol. The standard InChI is InChI=1S/C6H9Br/c1-5-2-6(3-5)4-7/h6H,1-4H2. The molecule has 0 bridgehead atoms. The van der Waals surface area contributed by atoms with Gasteiger partial charge in [0.25, 0.3) is 0 Å². The van der Waals surface area contributed by atoms with Gasteiger partial charge >= 0.3 is 0 Å². The fraction of sp³-hybridized carbons (Fsp3) is 0.667. The lowest BCUT2D eigenvalue weighted by atomic mass is 9.83. The van der Waals surface area contributed by atoms with E-state index in [0.717, 1.165) is 11.2 Å². The van der Waals surface area contributed by atoms with Crippen LogP contribution in [-0.2, 0) is 0 Å². The first kappa shape index (κ1) is 5.36. The molecule has 0 saturated heterocycles. The molecular weight excluding hydrogens is 152 g/mol. The molecule has 0 heterocycles. The van der Waals surface area contributed by atoms with Gasteiger partial charge in [0.15, 0.2) is 0 Å². The summed E-state index contributed by atoms with van der Waals surface area (Å²) in [7, 11) is 0. The smallest absolute Gasteiger partial charge is 0.00657 e. The quantitative estimate of drug-likeness (QED) is 0.409. The Balaban J connectivity index is 2.17. The van der Waals surface area contributed by atoms with Crippen LogP contribution in [0, 0.1) is 5.92 Å². The van der Waals surface area contributed by atoms with Crippen molar-refractivity contribution in [3.05, 3.63) is 12.2 Å². The first-order chi connectivity index (χ1) is 3.33. The number of hydrogen-bond donors (Lipinski definition) is 0. The third-order valence-electron chi connectivity index (χ3n) is 1.37. The molecule has 1 aliphatic rings. The molecule has 0 aromatic carbocycles. The van der Waals surface area contributed by atoms with Crippen LogP contribution in [0.4, 0.5) is 0 Å². The molecule has 1 aliphatic carbocycles. The SMILES string of the molecule is C=C1CC(CBr)C1. The number of allylic oxidation sites excluding steroid dienone is 1. The highest BCUT2D eigenvalue weighted by Crippen LogP contribution is 2.32. The zero-order valence-electron chi connectivity index (χ0n) is 4.28. The van der Waals surface area contributed by atoms with Crippen LogP contribution in [0.5, 0.6) is 0 Å². The van der Waals surface area contributed by atoms with Crippen LogP contribution in [0.2, 0.25) is 0 Å². The summed E-state index contributed by atoms with van der Waals surface area (Å²) in [4.78, 5) is 0. The van der Waals surface area contributed by atoms with Gasteiger partial charge in [-0.1, -0.05) is 28.1 Å². The molecule has 1 fully saturated rings. The highest BCUT2D eigenvalue weighted by atomic mass is 79.9. The third-order valence-corrected chi connectivity index (χ3v) is 2.29. The van der Waals surface area contributed by atoms with Crippen LogP contribution in [0.3, 0.4) is 0 Å². The van der Waals surface area contributed by atoms with E-state index in [0.29, 0.717) is 0 Å². The van der Waals surface area contributed by atoms with Crippen LogP contribution >= 0.6 is 15.9 Å². The van der Waals surface area contributed by atoms with E-state index in [9.17, 15) is 0 Å². The first-order valence-electron chi connectivity index (χ1n) is 2.55. The maximum absolute atomic E-state index is 3.84. The summed E-state index contributed by atoms with van der Waals surface area (Å²) in [6.45, 7) is 3.84. The van der Waals surface area contributed by atoms with Gasteiger partial charge in [-0.3, -0.25) is 0 Å². The van der Waals surface area contributed by atoms with Crippen LogP contribution < -0.4 is 0 Å². The van der Waals surface area contributed by atoms with Gasteiger partial charge in [-0.25, -0.2) is 0 Å². The predicted octanol–water partition coefficient (Wildman–Crippen LogP) is 2.35. The van der Waals surface area contributed by atoms with Crippen molar-refractivity contribution in [1.29, 1.82) is 0 Å². The molecular formula is C6H9Br. The van der Waals surface area contributed by atoms with Gasteiger partial charge in [0.05, 0.1) is 0 Å². The Morgan fingerprint density at radius 3 is 2.43 bits per heavy atom. The number of halogens is 1. The minimum Gasteiger partial charge on any atom is -0.0998 e. The van der Waals surface area contributed by atoms with Crippen LogP contribution in [-0.4, -0.2) is 5.33 Å². The summed E-state index contributed by atoms with van der Waals surface area (Å²) in [5, 5.41) is 1.16. The van der Waals surface area contributed by atoms with Gasteiger partial charge in [0.2, 0.25) is 0 Å². The normalized spacial score (nSPS) is 22.1. The minimum absolute atomic E-state index is 0.910. The van der Waals surface area contributed by atoms with E-state index in [1.165, 1.54) is 18.4 Å². The van der Waals surface area contributed by atoms with E-state index in [1.807, 2.05) is 0 Å². The molecule has 0 aliphatic heterocycles. The molecule has 0 atom stereocenters. The summed E-state index contributed by atoms with van der Waals surface area (Å²) in [5.41, 5.74) is 1.42. The molecule has 0 nitrogen and oxygen atoms in total. The van der Waals surface area contributed by atoms with Crippen LogP contribution in [0.15, 0.2) is 12.2 Å². The second kappa shape index (κ2) is 1.99. The van der Waals surface area contributed by atoms with Crippen molar-refractivity contribution in [2.75, 3.05) is 5.33 Å².